The molecule has 66 heavy (non-hydrogen) atoms. The van der Waals surface area contributed by atoms with Gasteiger partial charge >= 0.3 is 0 Å². The lowest BCUT2D eigenvalue weighted by atomic mass is 9.91. The van der Waals surface area contributed by atoms with Crippen LogP contribution >= 0.6 is 0 Å². The number of hydrogen-bond donors (Lipinski definition) is 0. The Hall–Kier alpha value is -7.92. The van der Waals surface area contributed by atoms with Crippen LogP contribution in [-0.2, 0) is 0 Å². The maximum absolute atomic E-state index is 10.9. The zero-order valence-electron chi connectivity index (χ0n) is 38.8. The van der Waals surface area contributed by atoms with Crippen LogP contribution in [0, 0.1) is 50.4 Å². The smallest absolute Gasteiger partial charge is 0.0998 e. The van der Waals surface area contributed by atoms with Crippen LogP contribution in [0.15, 0.2) is 146 Å². The molecule has 0 aliphatic rings. The first-order valence-corrected chi connectivity index (χ1v) is 23.1. The fourth-order valence-electron chi connectivity index (χ4n) is 11.0. The van der Waals surface area contributed by atoms with Gasteiger partial charge in [-0.15, -0.1) is 0 Å². The third kappa shape index (κ3) is 6.32. The Morgan fingerprint density at radius 1 is 0.318 bits per heavy atom. The van der Waals surface area contributed by atoms with Crippen molar-refractivity contribution >= 4 is 98.8 Å². The van der Waals surface area contributed by atoms with Gasteiger partial charge in [0.1, 0.15) is 0 Å². The maximum atomic E-state index is 10.9. The van der Waals surface area contributed by atoms with Crippen molar-refractivity contribution < 1.29 is 0 Å². The van der Waals surface area contributed by atoms with Crippen LogP contribution in [-0.4, -0.2) is 0 Å². The van der Waals surface area contributed by atoms with E-state index < -0.39 is 0 Å². The highest BCUT2D eigenvalue weighted by atomic mass is 15.1. The second kappa shape index (κ2) is 15.4. The highest BCUT2D eigenvalue weighted by molar-refractivity contribution is 6.48. The van der Waals surface area contributed by atoms with Crippen molar-refractivity contribution in [3.05, 3.63) is 190 Å². The topological polar surface area (TPSA) is 54.1 Å². The van der Waals surface area contributed by atoms with Gasteiger partial charge in [0.2, 0.25) is 0 Å². The molecule has 0 N–H and O–H groups in total. The minimum atomic E-state index is 0.426. The van der Waals surface area contributed by atoms with Gasteiger partial charge in [-0.05, 0) is 190 Å². The van der Waals surface area contributed by atoms with Gasteiger partial charge in [0, 0.05) is 66.4 Å². The molecule has 0 amide bonds. The van der Waals surface area contributed by atoms with Gasteiger partial charge in [-0.25, -0.2) is 0 Å². The van der Waals surface area contributed by atoms with E-state index in [0.29, 0.717) is 23.0 Å². The third-order valence-corrected chi connectivity index (χ3v) is 13.9. The molecular formula is C62H50N4. The molecule has 0 saturated carbocycles. The third-order valence-electron chi connectivity index (χ3n) is 13.9. The maximum Gasteiger partial charge on any atom is 0.0998 e. The Morgan fingerprint density at radius 2 is 0.621 bits per heavy atom. The summed E-state index contributed by atoms with van der Waals surface area (Å²) in [6.45, 7) is 17.5. The molecule has 0 aromatic heterocycles. The summed E-state index contributed by atoms with van der Waals surface area (Å²) in [4.78, 5) is 4.71. The molecule has 4 nitrogen and oxygen atoms in total. The van der Waals surface area contributed by atoms with Crippen molar-refractivity contribution in [1.29, 1.82) is 10.5 Å². The first-order valence-electron chi connectivity index (χ1n) is 23.1. The van der Waals surface area contributed by atoms with Gasteiger partial charge < -0.3 is 9.80 Å². The number of anilines is 6. The number of rotatable bonds is 8. The molecule has 0 spiro atoms. The van der Waals surface area contributed by atoms with Crippen LogP contribution < -0.4 is 9.80 Å². The first kappa shape index (κ1) is 40.8. The van der Waals surface area contributed by atoms with E-state index in [9.17, 15) is 10.5 Å². The summed E-state index contributed by atoms with van der Waals surface area (Å²) < 4.78 is 0. The average molecular weight is 851 g/mol. The van der Waals surface area contributed by atoms with Crippen LogP contribution in [0.25, 0.3) is 64.6 Å². The SMILES string of the molecule is Cc1cc(C)cc(N(c2ccc(C(C)C)cc2)c2ccc3c(c2)c2ccc(C#N)c4c5c6ccc(N(c7ccc(C(C)C)cc7)c7cc(C)cc(C)c7)cc6c6ccc(C#N)c(c3c24)c65)c1. The summed E-state index contributed by atoms with van der Waals surface area (Å²) in [6, 6.07) is 58.3. The summed E-state index contributed by atoms with van der Waals surface area (Å²) in [5.74, 6) is 0.853. The Bertz CT molecular complexity index is 3530. The van der Waals surface area contributed by atoms with Crippen LogP contribution in [0.3, 0.4) is 0 Å². The van der Waals surface area contributed by atoms with Crippen molar-refractivity contribution in [2.45, 2.75) is 67.2 Å². The Morgan fingerprint density at radius 3 is 0.924 bits per heavy atom. The summed E-state index contributed by atoms with van der Waals surface area (Å²) in [5.41, 5.74) is 15.1. The summed E-state index contributed by atoms with van der Waals surface area (Å²) in [5, 5.41) is 34.4. The van der Waals surface area contributed by atoms with Crippen LogP contribution in [0.4, 0.5) is 34.1 Å². The van der Waals surface area contributed by atoms with Crippen molar-refractivity contribution in [3.63, 3.8) is 0 Å². The predicted octanol–water partition coefficient (Wildman–Crippen LogP) is 17.6. The Balaban J connectivity index is 1.20. The fourth-order valence-corrected chi connectivity index (χ4v) is 11.0. The number of hydrogen-bond acceptors (Lipinski definition) is 4. The minimum Gasteiger partial charge on any atom is -0.310 e. The summed E-state index contributed by atoms with van der Waals surface area (Å²) in [6.07, 6.45) is 0. The molecule has 11 aromatic carbocycles. The number of benzene rings is 9. The van der Waals surface area contributed by atoms with E-state index in [4.69, 9.17) is 0 Å². The van der Waals surface area contributed by atoms with Crippen LogP contribution in [0.1, 0.15) is 84.0 Å². The van der Waals surface area contributed by atoms with Crippen LogP contribution in [0.5, 0.6) is 0 Å². The fraction of sp³-hybridized carbons (Fsp3) is 0.161. The number of aryl methyl sites for hydroxylation is 4. The van der Waals surface area contributed by atoms with E-state index in [1.165, 1.54) is 33.4 Å². The standard InChI is InChI=1S/C62H50N4/c1-35(2)41-9-15-45(16-10-41)65(49-27-37(5)25-38(6)28-49)47-19-23-53-55(31-47)51-21-13-43(33-63)57-59(51)61(53)58-44(34-64)14-22-52-56-32-48(20-24-54(56)62(57)60(52)58)66(50-29-39(7)26-40(8)30-50)46-17-11-42(12-18-46)36(3)4/h9-32,35-36H,1-8H3. The van der Waals surface area contributed by atoms with E-state index in [1.54, 1.807) is 0 Å². The normalized spacial score (nSPS) is 11.9. The molecule has 0 aliphatic heterocycles. The molecule has 0 heterocycles. The van der Waals surface area contributed by atoms with E-state index in [1.807, 2.05) is 12.1 Å². The molecule has 4 heteroatoms. The quantitative estimate of drug-likeness (QED) is 0.143. The predicted molar refractivity (Wildman–Crippen MR) is 280 cm³/mol. The highest BCUT2D eigenvalue weighted by Gasteiger charge is 2.27. The highest BCUT2D eigenvalue weighted by Crippen LogP contribution is 2.53. The van der Waals surface area contributed by atoms with Crippen molar-refractivity contribution in [1.82, 2.24) is 0 Å². The summed E-state index contributed by atoms with van der Waals surface area (Å²) in [7, 11) is 0. The van der Waals surface area contributed by atoms with E-state index in [2.05, 4.69) is 211 Å². The van der Waals surface area contributed by atoms with Crippen LogP contribution in [0.2, 0.25) is 0 Å². The first-order chi connectivity index (χ1) is 31.9. The molecule has 0 saturated heterocycles. The molecule has 0 bridgehead atoms. The van der Waals surface area contributed by atoms with Gasteiger partial charge in [-0.2, -0.15) is 10.5 Å². The number of nitriles is 2. The van der Waals surface area contributed by atoms with Gasteiger partial charge in [-0.1, -0.05) is 88.4 Å². The number of nitrogens with zero attached hydrogens (tertiary/aromatic N) is 4. The molecule has 0 radical (unpaired) electrons. The molecular weight excluding hydrogens is 801 g/mol. The minimum absolute atomic E-state index is 0.426. The average Bonchev–Trinajstić information content (AvgIpc) is 3.81. The Kier molecular flexibility index (Phi) is 9.51. The van der Waals surface area contributed by atoms with E-state index >= 15 is 0 Å². The molecule has 11 rings (SSSR count). The second-order valence-corrected chi connectivity index (χ2v) is 19.1. The molecule has 11 aromatic rings. The van der Waals surface area contributed by atoms with Crippen molar-refractivity contribution in [3.8, 4) is 12.1 Å². The summed E-state index contributed by atoms with van der Waals surface area (Å²) >= 11 is 0. The van der Waals surface area contributed by atoms with E-state index in [0.717, 1.165) is 98.8 Å². The largest absolute Gasteiger partial charge is 0.310 e. The zero-order valence-corrected chi connectivity index (χ0v) is 38.8. The lowest BCUT2D eigenvalue weighted by molar-refractivity contribution is 0.866. The molecule has 0 aliphatic carbocycles. The van der Waals surface area contributed by atoms with Gasteiger partial charge in [0.25, 0.3) is 0 Å². The monoisotopic (exact) mass is 850 g/mol. The molecule has 0 atom stereocenters. The van der Waals surface area contributed by atoms with Gasteiger partial charge in [0.15, 0.2) is 0 Å². The van der Waals surface area contributed by atoms with Gasteiger partial charge in [-0.3, -0.25) is 0 Å². The van der Waals surface area contributed by atoms with E-state index in [-0.39, 0.29) is 0 Å². The molecule has 0 unspecified atom stereocenters. The van der Waals surface area contributed by atoms with Crippen molar-refractivity contribution in [2.24, 2.45) is 0 Å². The lowest BCUT2D eigenvalue weighted by Crippen LogP contribution is -2.10. The van der Waals surface area contributed by atoms with Gasteiger partial charge in [0.05, 0.1) is 23.3 Å². The Labute approximate surface area is 386 Å². The number of fused-ring (bicyclic) bond motifs is 8. The zero-order chi connectivity index (χ0) is 45.7. The lowest BCUT2D eigenvalue weighted by Gasteiger charge is -2.27. The molecule has 318 valence electrons. The van der Waals surface area contributed by atoms with Crippen molar-refractivity contribution in [2.75, 3.05) is 9.80 Å². The molecule has 0 fully saturated rings. The second-order valence-electron chi connectivity index (χ2n) is 19.1.